The molecule has 1 aromatic carbocycles. The third-order valence-electron chi connectivity index (χ3n) is 2.00. The first-order chi connectivity index (χ1) is 7.09. The molecule has 78 valence electrons. The van der Waals surface area contributed by atoms with Crippen LogP contribution in [-0.4, -0.2) is 17.3 Å². The van der Waals surface area contributed by atoms with Gasteiger partial charge in [0.15, 0.2) is 6.61 Å². The second-order valence-corrected chi connectivity index (χ2v) is 3.68. The van der Waals surface area contributed by atoms with Gasteiger partial charge in [0.2, 0.25) is 0 Å². The Kier molecular flexibility index (Phi) is 2.36. The van der Waals surface area contributed by atoms with E-state index in [0.717, 1.165) is 4.90 Å². The summed E-state index contributed by atoms with van der Waals surface area (Å²) < 4.78 is 5.15. The van der Waals surface area contributed by atoms with Crippen LogP contribution in [0, 0.1) is 0 Å². The van der Waals surface area contributed by atoms with Gasteiger partial charge in [-0.1, -0.05) is 0 Å². The number of hydrogen-bond acceptors (Lipinski definition) is 4. The Morgan fingerprint density at radius 3 is 2.93 bits per heavy atom. The highest BCUT2D eigenvalue weighted by Gasteiger charge is 2.29. The van der Waals surface area contributed by atoms with E-state index in [1.54, 1.807) is 12.1 Å². The summed E-state index contributed by atoms with van der Waals surface area (Å²) in [6.07, 6.45) is 0. The standard InChI is InChI=1S/C9H7BrN2O3/c10-9(14)12-6-3-5(11)1-2-7(6)15-4-8(12)13/h1-3H,4,11H2. The number of rotatable bonds is 0. The number of carbonyl (C=O) groups is 2. The predicted octanol–water partition coefficient (Wildman–Crippen LogP) is 1.51. The Bertz CT molecular complexity index is 447. The van der Waals surface area contributed by atoms with Crippen molar-refractivity contribution in [3.05, 3.63) is 18.2 Å². The number of ether oxygens (including phenoxy) is 1. The molecule has 0 radical (unpaired) electrons. The zero-order valence-electron chi connectivity index (χ0n) is 7.57. The van der Waals surface area contributed by atoms with Crippen LogP contribution in [-0.2, 0) is 4.79 Å². The molecule has 0 unspecified atom stereocenters. The second kappa shape index (κ2) is 3.54. The van der Waals surface area contributed by atoms with Gasteiger partial charge in [0.05, 0.1) is 5.69 Å². The number of halogens is 1. The molecule has 0 bridgehead atoms. The zero-order chi connectivity index (χ0) is 11.0. The van der Waals surface area contributed by atoms with Crippen LogP contribution in [0.5, 0.6) is 5.75 Å². The summed E-state index contributed by atoms with van der Waals surface area (Å²) in [5, 5.41) is 0. The van der Waals surface area contributed by atoms with Gasteiger partial charge in [-0.15, -0.1) is 0 Å². The van der Waals surface area contributed by atoms with Crippen LogP contribution in [0.1, 0.15) is 0 Å². The van der Waals surface area contributed by atoms with Crippen molar-refractivity contribution in [3.8, 4) is 5.75 Å². The third kappa shape index (κ3) is 1.68. The minimum Gasteiger partial charge on any atom is -0.482 e. The fourth-order valence-corrected chi connectivity index (χ4v) is 1.75. The summed E-state index contributed by atoms with van der Waals surface area (Å²) in [5.41, 5.74) is 6.40. The molecule has 1 heterocycles. The molecule has 0 fully saturated rings. The lowest BCUT2D eigenvalue weighted by Crippen LogP contribution is -2.40. The van der Waals surface area contributed by atoms with E-state index in [1.807, 2.05) is 0 Å². The first-order valence-corrected chi connectivity index (χ1v) is 4.93. The van der Waals surface area contributed by atoms with E-state index in [-0.39, 0.29) is 6.61 Å². The zero-order valence-corrected chi connectivity index (χ0v) is 9.15. The van der Waals surface area contributed by atoms with Crippen LogP contribution >= 0.6 is 15.9 Å². The number of amides is 2. The van der Waals surface area contributed by atoms with Crippen molar-refractivity contribution >= 4 is 38.0 Å². The van der Waals surface area contributed by atoms with Crippen LogP contribution in [0.15, 0.2) is 18.2 Å². The highest BCUT2D eigenvalue weighted by atomic mass is 79.9. The largest absolute Gasteiger partial charge is 0.482 e. The van der Waals surface area contributed by atoms with E-state index in [1.165, 1.54) is 6.07 Å². The molecular formula is C9H7BrN2O3. The number of carbonyl (C=O) groups excluding carboxylic acids is 2. The summed E-state index contributed by atoms with van der Waals surface area (Å²) >= 11 is 2.74. The molecule has 0 atom stereocenters. The van der Waals surface area contributed by atoms with Gasteiger partial charge in [0.25, 0.3) is 5.91 Å². The Morgan fingerprint density at radius 1 is 1.53 bits per heavy atom. The number of imide groups is 1. The lowest BCUT2D eigenvalue weighted by atomic mass is 10.2. The molecule has 0 aromatic heterocycles. The van der Waals surface area contributed by atoms with Crippen LogP contribution in [0.25, 0.3) is 0 Å². The first kappa shape index (κ1) is 9.97. The van der Waals surface area contributed by atoms with E-state index < -0.39 is 10.7 Å². The Labute approximate surface area is 93.9 Å². The molecule has 6 heteroatoms. The lowest BCUT2D eigenvalue weighted by Gasteiger charge is -2.26. The highest BCUT2D eigenvalue weighted by Crippen LogP contribution is 2.34. The number of anilines is 2. The van der Waals surface area contributed by atoms with Gasteiger partial charge in [-0.2, -0.15) is 0 Å². The maximum Gasteiger partial charge on any atom is 0.301 e. The Balaban J connectivity index is 2.55. The minimum atomic E-state index is -0.525. The molecule has 5 nitrogen and oxygen atoms in total. The normalized spacial score (nSPS) is 14.5. The molecule has 15 heavy (non-hydrogen) atoms. The number of nitrogen functional groups attached to an aromatic ring is 1. The maximum atomic E-state index is 11.4. The molecule has 0 saturated heterocycles. The van der Waals surface area contributed by atoms with Crippen LogP contribution in [0.4, 0.5) is 16.2 Å². The van der Waals surface area contributed by atoms with Gasteiger partial charge >= 0.3 is 4.82 Å². The molecule has 2 rings (SSSR count). The van der Waals surface area contributed by atoms with Crippen LogP contribution in [0.2, 0.25) is 0 Å². The molecule has 1 aliphatic rings. The van der Waals surface area contributed by atoms with Crippen LogP contribution in [0.3, 0.4) is 0 Å². The molecule has 2 amide bonds. The van der Waals surface area contributed by atoms with Crippen molar-refractivity contribution in [3.63, 3.8) is 0 Å². The number of fused-ring (bicyclic) bond motifs is 1. The lowest BCUT2D eigenvalue weighted by molar-refractivity contribution is -0.120. The van der Waals surface area contributed by atoms with Gasteiger partial charge in [-0.05, 0) is 18.2 Å². The average molecular weight is 271 g/mol. The summed E-state index contributed by atoms with van der Waals surface area (Å²) in [6.45, 7) is -0.145. The second-order valence-electron chi connectivity index (χ2n) is 3.00. The molecule has 0 saturated carbocycles. The fraction of sp³-hybridized carbons (Fsp3) is 0.111. The van der Waals surface area contributed by atoms with Crippen molar-refractivity contribution in [2.75, 3.05) is 17.2 Å². The maximum absolute atomic E-state index is 11.4. The summed E-state index contributed by atoms with van der Waals surface area (Å²) in [7, 11) is 0. The van der Waals surface area contributed by atoms with E-state index in [4.69, 9.17) is 10.5 Å². The number of nitrogens with zero attached hydrogens (tertiary/aromatic N) is 1. The number of benzene rings is 1. The SMILES string of the molecule is Nc1ccc2c(c1)N(C(=O)Br)C(=O)CO2. The van der Waals surface area contributed by atoms with Crippen molar-refractivity contribution in [2.45, 2.75) is 0 Å². The van der Waals surface area contributed by atoms with E-state index in [9.17, 15) is 9.59 Å². The smallest absolute Gasteiger partial charge is 0.301 e. The molecular weight excluding hydrogens is 264 g/mol. The number of hydrogen-bond donors (Lipinski definition) is 1. The Hall–Kier alpha value is -1.56. The molecule has 0 aliphatic carbocycles. The van der Waals surface area contributed by atoms with Gasteiger partial charge < -0.3 is 10.5 Å². The van der Waals surface area contributed by atoms with Crippen molar-refractivity contribution in [1.82, 2.24) is 0 Å². The van der Waals surface area contributed by atoms with Gasteiger partial charge in [-0.25, -0.2) is 4.90 Å². The van der Waals surface area contributed by atoms with E-state index in [2.05, 4.69) is 15.9 Å². The summed E-state index contributed by atoms with van der Waals surface area (Å²) in [4.78, 5) is 23.1. The molecule has 1 aliphatic heterocycles. The quantitative estimate of drug-likeness (QED) is 0.441. The molecule has 1 aromatic rings. The predicted molar refractivity (Wildman–Crippen MR) is 58.2 cm³/mol. The third-order valence-corrected chi connectivity index (χ3v) is 2.35. The average Bonchev–Trinajstić information content (AvgIpc) is 2.16. The molecule has 2 N–H and O–H groups in total. The van der Waals surface area contributed by atoms with Gasteiger partial charge in [0, 0.05) is 21.6 Å². The van der Waals surface area contributed by atoms with E-state index >= 15 is 0 Å². The van der Waals surface area contributed by atoms with Crippen molar-refractivity contribution in [2.24, 2.45) is 0 Å². The topological polar surface area (TPSA) is 72.6 Å². The minimum absolute atomic E-state index is 0.145. The molecule has 0 spiro atoms. The Morgan fingerprint density at radius 2 is 2.27 bits per heavy atom. The van der Waals surface area contributed by atoms with Crippen molar-refractivity contribution in [1.29, 1.82) is 0 Å². The van der Waals surface area contributed by atoms with Crippen molar-refractivity contribution < 1.29 is 14.3 Å². The number of nitrogens with two attached hydrogens (primary N) is 1. The monoisotopic (exact) mass is 270 g/mol. The highest BCUT2D eigenvalue weighted by molar-refractivity contribution is 9.18. The van der Waals surface area contributed by atoms with Gasteiger partial charge in [-0.3, -0.25) is 9.59 Å². The van der Waals surface area contributed by atoms with E-state index in [0.29, 0.717) is 17.1 Å². The van der Waals surface area contributed by atoms with Crippen LogP contribution < -0.4 is 15.4 Å². The summed E-state index contributed by atoms with van der Waals surface area (Å²) in [5.74, 6) is 0.0478. The fourth-order valence-electron chi connectivity index (χ4n) is 1.36. The first-order valence-electron chi connectivity index (χ1n) is 4.14. The summed E-state index contributed by atoms with van der Waals surface area (Å²) in [6, 6.07) is 4.79. The van der Waals surface area contributed by atoms with Gasteiger partial charge in [0.1, 0.15) is 5.75 Å².